The number of fused-ring (bicyclic) bond motifs is 1. The smallest absolute Gasteiger partial charge is 0.340 e. The van der Waals surface area contributed by atoms with Gasteiger partial charge in [0.2, 0.25) is 5.91 Å². The third-order valence-electron chi connectivity index (χ3n) is 4.63. The van der Waals surface area contributed by atoms with Crippen molar-refractivity contribution in [2.75, 3.05) is 7.11 Å². The first-order valence-electron chi connectivity index (χ1n) is 8.41. The summed E-state index contributed by atoms with van der Waals surface area (Å²) in [6.45, 7) is 5.34. The van der Waals surface area contributed by atoms with Gasteiger partial charge >= 0.3 is 11.6 Å². The fourth-order valence-electron chi connectivity index (χ4n) is 2.77. The van der Waals surface area contributed by atoms with Gasteiger partial charge in [-0.05, 0) is 30.5 Å². The lowest BCUT2D eigenvalue weighted by atomic mass is 9.98. The monoisotopic (exact) mass is 361 g/mol. The summed E-state index contributed by atoms with van der Waals surface area (Å²) in [6, 6.07) is 4.11. The van der Waals surface area contributed by atoms with Gasteiger partial charge in [0.1, 0.15) is 17.4 Å². The fourth-order valence-corrected chi connectivity index (χ4v) is 2.77. The number of carbonyl (C=O) groups is 2. The molecule has 0 spiro atoms. The molecule has 2 rings (SSSR count). The molecule has 0 aliphatic rings. The molecule has 1 aromatic heterocycles. The Kier molecular flexibility index (Phi) is 6.02. The number of aryl methyl sites for hydroxylation is 1. The van der Waals surface area contributed by atoms with Crippen molar-refractivity contribution in [1.82, 2.24) is 5.32 Å². The van der Waals surface area contributed by atoms with E-state index in [1.54, 1.807) is 32.0 Å². The number of carbonyl (C=O) groups excluding carboxylic acids is 1. The highest BCUT2D eigenvalue weighted by atomic mass is 16.5. The topological polar surface area (TPSA) is 106 Å². The molecule has 140 valence electrons. The molecule has 7 heteroatoms. The van der Waals surface area contributed by atoms with Crippen molar-refractivity contribution in [2.45, 2.75) is 39.7 Å². The molecule has 1 unspecified atom stereocenters. The number of carboxylic acids is 1. The second kappa shape index (κ2) is 8.03. The lowest BCUT2D eigenvalue weighted by molar-refractivity contribution is -0.143. The molecule has 1 amide bonds. The summed E-state index contributed by atoms with van der Waals surface area (Å²) in [7, 11) is 1.51. The maximum atomic E-state index is 12.3. The van der Waals surface area contributed by atoms with Crippen LogP contribution in [0.15, 0.2) is 27.4 Å². The number of methoxy groups -OCH3 is 1. The van der Waals surface area contributed by atoms with Crippen LogP contribution < -0.4 is 15.7 Å². The van der Waals surface area contributed by atoms with Crippen molar-refractivity contribution in [3.8, 4) is 5.75 Å². The number of amides is 1. The van der Waals surface area contributed by atoms with Crippen LogP contribution in [0.4, 0.5) is 0 Å². The molecular formula is C19H23NO6. The van der Waals surface area contributed by atoms with E-state index in [0.29, 0.717) is 28.7 Å². The second-order valence-electron chi connectivity index (χ2n) is 6.30. The normalized spacial score (nSPS) is 13.2. The predicted molar refractivity (Wildman–Crippen MR) is 96.5 cm³/mol. The number of hydrogen-bond acceptors (Lipinski definition) is 5. The molecule has 1 aromatic carbocycles. The van der Waals surface area contributed by atoms with Crippen LogP contribution in [0.2, 0.25) is 0 Å². The number of benzene rings is 1. The third kappa shape index (κ3) is 4.04. The summed E-state index contributed by atoms with van der Waals surface area (Å²) in [6.07, 6.45) is 0.368. The minimum absolute atomic E-state index is 0.216. The predicted octanol–water partition coefficient (Wildman–Crippen LogP) is 2.27. The largest absolute Gasteiger partial charge is 0.497 e. The van der Waals surface area contributed by atoms with E-state index < -0.39 is 23.5 Å². The van der Waals surface area contributed by atoms with Crippen molar-refractivity contribution in [3.05, 3.63) is 39.7 Å². The number of ether oxygens (including phenoxy) is 1. The van der Waals surface area contributed by atoms with Gasteiger partial charge in [0.05, 0.1) is 19.1 Å². The number of nitrogens with one attached hydrogen (secondary N) is 1. The van der Waals surface area contributed by atoms with Gasteiger partial charge < -0.3 is 19.6 Å². The van der Waals surface area contributed by atoms with Gasteiger partial charge in [-0.1, -0.05) is 20.3 Å². The zero-order chi connectivity index (χ0) is 19.4. The zero-order valence-corrected chi connectivity index (χ0v) is 15.3. The van der Waals surface area contributed by atoms with Crippen molar-refractivity contribution in [1.29, 1.82) is 0 Å². The second-order valence-corrected chi connectivity index (χ2v) is 6.30. The van der Waals surface area contributed by atoms with E-state index in [2.05, 4.69) is 5.32 Å². The molecule has 0 aliphatic heterocycles. The van der Waals surface area contributed by atoms with Crippen molar-refractivity contribution < 1.29 is 23.8 Å². The summed E-state index contributed by atoms with van der Waals surface area (Å²) < 4.78 is 10.4. The quantitative estimate of drug-likeness (QED) is 0.733. The maximum Gasteiger partial charge on any atom is 0.340 e. The maximum absolute atomic E-state index is 12.3. The summed E-state index contributed by atoms with van der Waals surface area (Å²) in [4.78, 5) is 36.0. The van der Waals surface area contributed by atoms with Crippen LogP contribution in [0.1, 0.15) is 31.4 Å². The minimum Gasteiger partial charge on any atom is -0.497 e. The highest BCUT2D eigenvalue weighted by Gasteiger charge is 2.26. The van der Waals surface area contributed by atoms with E-state index in [9.17, 15) is 19.5 Å². The van der Waals surface area contributed by atoms with Gasteiger partial charge in [0.15, 0.2) is 0 Å². The SMILES string of the molecule is CCC(C)[C@@H](NC(=O)Cc1c(C)c2ccc(OC)cc2oc1=O)C(=O)O. The van der Waals surface area contributed by atoms with Crippen LogP contribution in [0.3, 0.4) is 0 Å². The lowest BCUT2D eigenvalue weighted by Crippen LogP contribution is -2.45. The Morgan fingerprint density at radius 2 is 2.04 bits per heavy atom. The summed E-state index contributed by atoms with van der Waals surface area (Å²) in [5.74, 6) is -1.29. The van der Waals surface area contributed by atoms with Crippen LogP contribution in [0.25, 0.3) is 11.0 Å². The minimum atomic E-state index is -1.10. The van der Waals surface area contributed by atoms with E-state index in [-0.39, 0.29) is 17.9 Å². The van der Waals surface area contributed by atoms with E-state index in [0.717, 1.165) is 0 Å². The van der Waals surface area contributed by atoms with Gasteiger partial charge in [-0.2, -0.15) is 0 Å². The van der Waals surface area contributed by atoms with Gasteiger partial charge in [0, 0.05) is 11.5 Å². The first-order chi connectivity index (χ1) is 12.3. The molecule has 0 fully saturated rings. The van der Waals surface area contributed by atoms with Crippen LogP contribution >= 0.6 is 0 Å². The Bertz CT molecular complexity index is 885. The summed E-state index contributed by atoms with van der Waals surface area (Å²) in [5.41, 5.74) is 0.603. The van der Waals surface area contributed by atoms with E-state index in [4.69, 9.17) is 9.15 Å². The van der Waals surface area contributed by atoms with Crippen molar-refractivity contribution in [2.24, 2.45) is 5.92 Å². The van der Waals surface area contributed by atoms with Crippen molar-refractivity contribution >= 4 is 22.8 Å². The molecule has 7 nitrogen and oxygen atoms in total. The van der Waals surface area contributed by atoms with Gasteiger partial charge in [-0.25, -0.2) is 9.59 Å². The summed E-state index contributed by atoms with van der Waals surface area (Å²) >= 11 is 0. The third-order valence-corrected chi connectivity index (χ3v) is 4.63. The van der Waals surface area contributed by atoms with Crippen LogP contribution in [-0.4, -0.2) is 30.1 Å². The Morgan fingerprint density at radius 1 is 1.35 bits per heavy atom. The van der Waals surface area contributed by atoms with Crippen molar-refractivity contribution in [3.63, 3.8) is 0 Å². The Morgan fingerprint density at radius 3 is 2.62 bits per heavy atom. The van der Waals surface area contributed by atoms with Gasteiger partial charge in [0.25, 0.3) is 0 Å². The molecule has 0 saturated carbocycles. The Balaban J connectivity index is 2.31. The first kappa shape index (κ1) is 19.5. The van der Waals surface area contributed by atoms with Crippen LogP contribution in [0.5, 0.6) is 5.75 Å². The fraction of sp³-hybridized carbons (Fsp3) is 0.421. The number of carboxylic acid groups (broad SMARTS) is 1. The van der Waals surface area contributed by atoms with Gasteiger partial charge in [-0.15, -0.1) is 0 Å². The highest BCUT2D eigenvalue weighted by Crippen LogP contribution is 2.24. The molecule has 2 N–H and O–H groups in total. The standard InChI is InChI=1S/C19H23NO6/c1-5-10(2)17(18(22)23)20-16(21)9-14-11(3)13-7-6-12(25-4)8-15(13)26-19(14)24/h6-8,10,17H,5,9H2,1-4H3,(H,20,21)(H,22,23)/t10?,17-/m1/s1. The molecule has 0 saturated heterocycles. The molecular weight excluding hydrogens is 338 g/mol. The number of rotatable bonds is 7. The number of hydrogen-bond donors (Lipinski definition) is 2. The summed E-state index contributed by atoms with van der Waals surface area (Å²) in [5, 5.41) is 12.5. The average molecular weight is 361 g/mol. The van der Waals surface area contributed by atoms with E-state index >= 15 is 0 Å². The van der Waals surface area contributed by atoms with E-state index in [1.165, 1.54) is 7.11 Å². The Labute approximate surface area is 151 Å². The molecule has 0 radical (unpaired) electrons. The molecule has 0 bridgehead atoms. The molecule has 0 aliphatic carbocycles. The molecule has 26 heavy (non-hydrogen) atoms. The van der Waals surface area contributed by atoms with E-state index in [1.807, 2.05) is 6.92 Å². The zero-order valence-electron chi connectivity index (χ0n) is 15.3. The Hall–Kier alpha value is -2.83. The van der Waals surface area contributed by atoms with Crippen LogP contribution in [0, 0.1) is 12.8 Å². The first-order valence-corrected chi connectivity index (χ1v) is 8.41. The molecule has 2 atom stereocenters. The number of aliphatic carboxylic acids is 1. The molecule has 1 heterocycles. The molecule has 2 aromatic rings. The highest BCUT2D eigenvalue weighted by molar-refractivity contribution is 5.87. The lowest BCUT2D eigenvalue weighted by Gasteiger charge is -2.20. The average Bonchev–Trinajstić information content (AvgIpc) is 2.61. The van der Waals surface area contributed by atoms with Crippen LogP contribution in [-0.2, 0) is 16.0 Å². The van der Waals surface area contributed by atoms with Gasteiger partial charge in [-0.3, -0.25) is 4.79 Å².